The number of benzene rings is 1. The summed E-state index contributed by atoms with van der Waals surface area (Å²) in [5.74, 6) is -0.0980. The van der Waals surface area contributed by atoms with Crippen LogP contribution >= 0.6 is 11.6 Å². The van der Waals surface area contributed by atoms with Gasteiger partial charge in [0.2, 0.25) is 0 Å². The fourth-order valence-corrected chi connectivity index (χ4v) is 4.40. The van der Waals surface area contributed by atoms with E-state index in [0.29, 0.717) is 11.8 Å². The fourth-order valence-electron chi connectivity index (χ4n) is 4.23. The number of nitrogens with zero attached hydrogens (tertiary/aromatic N) is 2. The predicted octanol–water partition coefficient (Wildman–Crippen LogP) is 3.33. The molecule has 2 aliphatic heterocycles. The van der Waals surface area contributed by atoms with E-state index in [1.165, 1.54) is 18.2 Å². The van der Waals surface area contributed by atoms with Crippen LogP contribution < -0.4 is 4.74 Å². The molecule has 6 heteroatoms. The third kappa shape index (κ3) is 3.24. The Hall–Kier alpha value is -1.33. The number of ether oxygens (including phenoxy) is 1. The van der Waals surface area contributed by atoms with Crippen molar-refractivity contribution in [1.29, 1.82) is 0 Å². The number of likely N-dealkylation sites (N-methyl/N-ethyl adjacent to an activating group) is 1. The third-order valence-corrected chi connectivity index (χ3v) is 5.76. The zero-order valence-corrected chi connectivity index (χ0v) is 15.0. The highest BCUT2D eigenvalue weighted by molar-refractivity contribution is 6.30. The van der Waals surface area contributed by atoms with Gasteiger partial charge in [-0.15, -0.1) is 0 Å². The first-order valence-electron chi connectivity index (χ1n) is 8.50. The quantitative estimate of drug-likeness (QED) is 0.834. The molecule has 2 saturated heterocycles. The van der Waals surface area contributed by atoms with Gasteiger partial charge in [0.25, 0.3) is 5.91 Å². The standard InChI is InChI=1S/C18H24ClFN2O2/c1-18-8-4-9-21(2)16(18)5-3-10-22(18)17(23)12-24-13-6-7-15(20)14(19)11-13/h6-7,11,16H,3-5,8-10,12H2,1-2H3/t16-,18-/m0/s1. The highest BCUT2D eigenvalue weighted by atomic mass is 35.5. The molecule has 1 amide bonds. The zero-order chi connectivity index (χ0) is 17.3. The van der Waals surface area contributed by atoms with Crippen molar-refractivity contribution in [2.24, 2.45) is 0 Å². The highest BCUT2D eigenvalue weighted by Crippen LogP contribution is 2.38. The number of piperidine rings is 2. The first kappa shape index (κ1) is 17.5. The smallest absolute Gasteiger partial charge is 0.261 e. The van der Waals surface area contributed by atoms with E-state index in [-0.39, 0.29) is 23.1 Å². The van der Waals surface area contributed by atoms with Gasteiger partial charge in [0.1, 0.15) is 11.6 Å². The largest absolute Gasteiger partial charge is 0.484 e. The van der Waals surface area contributed by atoms with Crippen molar-refractivity contribution in [2.45, 2.75) is 44.2 Å². The topological polar surface area (TPSA) is 32.8 Å². The van der Waals surface area contributed by atoms with Crippen LogP contribution in [0, 0.1) is 5.82 Å². The maximum atomic E-state index is 13.2. The van der Waals surface area contributed by atoms with Gasteiger partial charge in [0, 0.05) is 18.7 Å². The number of likely N-dealkylation sites (tertiary alicyclic amines) is 2. The minimum absolute atomic E-state index is 0.00106. The van der Waals surface area contributed by atoms with Crippen molar-refractivity contribution in [3.05, 3.63) is 29.0 Å². The molecule has 4 nitrogen and oxygen atoms in total. The molecule has 2 aliphatic rings. The van der Waals surface area contributed by atoms with Gasteiger partial charge in [-0.05, 0) is 58.3 Å². The number of halogens is 2. The van der Waals surface area contributed by atoms with E-state index >= 15 is 0 Å². The Morgan fingerprint density at radius 1 is 1.42 bits per heavy atom. The SMILES string of the molecule is CN1CCC[C@@]2(C)[C@@H]1CCCN2C(=O)COc1ccc(F)c(Cl)c1. The molecule has 0 aliphatic carbocycles. The van der Waals surface area contributed by atoms with Crippen LogP contribution in [0.5, 0.6) is 5.75 Å². The maximum Gasteiger partial charge on any atom is 0.261 e. The number of hydrogen-bond acceptors (Lipinski definition) is 3. The Morgan fingerprint density at radius 3 is 2.96 bits per heavy atom. The minimum Gasteiger partial charge on any atom is -0.484 e. The lowest BCUT2D eigenvalue weighted by Gasteiger charge is -2.55. The third-order valence-electron chi connectivity index (χ3n) is 5.47. The summed E-state index contributed by atoms with van der Waals surface area (Å²) in [7, 11) is 2.15. The number of carbonyl (C=O) groups excluding carboxylic acids is 1. The lowest BCUT2D eigenvalue weighted by Crippen LogP contribution is -2.67. The van der Waals surface area contributed by atoms with Crippen LogP contribution in [0.2, 0.25) is 5.02 Å². The number of amides is 1. The molecule has 0 N–H and O–H groups in total. The molecule has 1 aromatic carbocycles. The molecule has 0 spiro atoms. The Labute approximate surface area is 147 Å². The second-order valence-electron chi connectivity index (χ2n) is 7.01. The molecule has 2 fully saturated rings. The summed E-state index contributed by atoms with van der Waals surface area (Å²) in [6.45, 7) is 4.01. The monoisotopic (exact) mass is 354 g/mol. The second-order valence-corrected chi connectivity index (χ2v) is 7.42. The van der Waals surface area contributed by atoms with E-state index in [1.54, 1.807) is 0 Å². The van der Waals surface area contributed by atoms with Gasteiger partial charge < -0.3 is 14.5 Å². The number of fused-ring (bicyclic) bond motifs is 1. The van der Waals surface area contributed by atoms with Crippen molar-refractivity contribution in [2.75, 3.05) is 26.7 Å². The van der Waals surface area contributed by atoms with Crippen LogP contribution in [0.25, 0.3) is 0 Å². The van der Waals surface area contributed by atoms with Crippen LogP contribution in [0.15, 0.2) is 18.2 Å². The maximum absolute atomic E-state index is 13.2. The summed E-state index contributed by atoms with van der Waals surface area (Å²) in [6.07, 6.45) is 4.27. The van der Waals surface area contributed by atoms with E-state index in [4.69, 9.17) is 16.3 Å². The van der Waals surface area contributed by atoms with Gasteiger partial charge in [0.05, 0.1) is 10.6 Å². The van der Waals surface area contributed by atoms with Crippen molar-refractivity contribution < 1.29 is 13.9 Å². The molecule has 0 saturated carbocycles. The first-order valence-corrected chi connectivity index (χ1v) is 8.88. The summed E-state index contributed by atoms with van der Waals surface area (Å²) < 4.78 is 18.7. The fraction of sp³-hybridized carbons (Fsp3) is 0.611. The second kappa shape index (κ2) is 6.89. The summed E-state index contributed by atoms with van der Waals surface area (Å²) in [5, 5.41) is -0.00106. The minimum atomic E-state index is -0.494. The molecule has 0 bridgehead atoms. The van der Waals surface area contributed by atoms with Crippen molar-refractivity contribution in [1.82, 2.24) is 9.80 Å². The molecular weight excluding hydrogens is 331 g/mol. The summed E-state index contributed by atoms with van der Waals surface area (Å²) in [5.41, 5.74) is -0.133. The molecule has 0 radical (unpaired) electrons. The molecule has 3 rings (SSSR count). The van der Waals surface area contributed by atoms with E-state index in [2.05, 4.69) is 18.9 Å². The van der Waals surface area contributed by atoms with Gasteiger partial charge in [-0.1, -0.05) is 11.6 Å². The van der Waals surface area contributed by atoms with Crippen LogP contribution in [0.1, 0.15) is 32.6 Å². The average Bonchev–Trinajstić information content (AvgIpc) is 2.55. The van der Waals surface area contributed by atoms with E-state index in [0.717, 1.165) is 38.8 Å². The Bertz CT molecular complexity index is 627. The number of carbonyl (C=O) groups is 1. The van der Waals surface area contributed by atoms with Crippen molar-refractivity contribution >= 4 is 17.5 Å². The first-order chi connectivity index (χ1) is 11.4. The Balaban J connectivity index is 1.68. The molecule has 132 valence electrons. The van der Waals surface area contributed by atoms with Crippen LogP contribution in [-0.4, -0.2) is 54.0 Å². The molecule has 2 heterocycles. The molecule has 1 aromatic rings. The lowest BCUT2D eigenvalue weighted by atomic mass is 9.76. The van der Waals surface area contributed by atoms with Gasteiger partial charge in [0.15, 0.2) is 6.61 Å². The molecular formula is C18H24ClFN2O2. The van der Waals surface area contributed by atoms with E-state index < -0.39 is 5.82 Å². The molecule has 0 unspecified atom stereocenters. The molecule has 24 heavy (non-hydrogen) atoms. The molecule has 2 atom stereocenters. The lowest BCUT2D eigenvalue weighted by molar-refractivity contribution is -0.148. The van der Waals surface area contributed by atoms with Crippen LogP contribution in [-0.2, 0) is 4.79 Å². The van der Waals surface area contributed by atoms with Gasteiger partial charge in [-0.25, -0.2) is 4.39 Å². The van der Waals surface area contributed by atoms with Crippen LogP contribution in [0.4, 0.5) is 4.39 Å². The predicted molar refractivity (Wildman–Crippen MR) is 91.9 cm³/mol. The Morgan fingerprint density at radius 2 is 2.21 bits per heavy atom. The Kier molecular flexibility index (Phi) is 5.02. The van der Waals surface area contributed by atoms with E-state index in [9.17, 15) is 9.18 Å². The van der Waals surface area contributed by atoms with Crippen molar-refractivity contribution in [3.63, 3.8) is 0 Å². The molecule has 0 aromatic heterocycles. The highest BCUT2D eigenvalue weighted by Gasteiger charge is 2.47. The van der Waals surface area contributed by atoms with Gasteiger partial charge >= 0.3 is 0 Å². The van der Waals surface area contributed by atoms with Gasteiger partial charge in [-0.2, -0.15) is 0 Å². The number of rotatable bonds is 3. The average molecular weight is 355 g/mol. The summed E-state index contributed by atoms with van der Waals surface area (Å²) in [6, 6.07) is 4.54. The van der Waals surface area contributed by atoms with E-state index in [1.807, 2.05) is 4.90 Å². The van der Waals surface area contributed by atoms with Crippen molar-refractivity contribution in [3.8, 4) is 5.75 Å². The normalized spacial score (nSPS) is 27.7. The van der Waals surface area contributed by atoms with Crippen LogP contribution in [0.3, 0.4) is 0 Å². The summed E-state index contributed by atoms with van der Waals surface area (Å²) in [4.78, 5) is 17.1. The number of hydrogen-bond donors (Lipinski definition) is 0. The van der Waals surface area contributed by atoms with Gasteiger partial charge in [-0.3, -0.25) is 4.79 Å². The zero-order valence-electron chi connectivity index (χ0n) is 14.2. The summed E-state index contributed by atoms with van der Waals surface area (Å²) >= 11 is 5.75.